The molecule has 0 atom stereocenters. The summed E-state index contributed by atoms with van der Waals surface area (Å²) in [5.41, 5.74) is 1.11. The Balaban J connectivity index is 2.34. The first-order chi connectivity index (χ1) is 10.1. The Morgan fingerprint density at radius 2 is 2.14 bits per heavy atom. The van der Waals surface area contributed by atoms with Crippen LogP contribution in [0.5, 0.6) is 0 Å². The van der Waals surface area contributed by atoms with Gasteiger partial charge in [0.25, 0.3) is 0 Å². The fraction of sp³-hybridized carbons (Fsp3) is 0.500. The SMILES string of the molecule is COCCn1c(=NC(=O)CCC(C)C)sc2ccccc21. The van der Waals surface area contributed by atoms with Crippen molar-refractivity contribution in [1.29, 1.82) is 0 Å². The van der Waals surface area contributed by atoms with Crippen molar-refractivity contribution in [3.05, 3.63) is 29.1 Å². The van der Waals surface area contributed by atoms with Gasteiger partial charge in [-0.1, -0.05) is 37.3 Å². The molecule has 1 aromatic carbocycles. The smallest absolute Gasteiger partial charge is 0.248 e. The van der Waals surface area contributed by atoms with Crippen molar-refractivity contribution in [1.82, 2.24) is 4.57 Å². The van der Waals surface area contributed by atoms with Crippen LogP contribution in [0.1, 0.15) is 26.7 Å². The number of aromatic nitrogens is 1. The third-order valence-electron chi connectivity index (χ3n) is 3.26. The quantitative estimate of drug-likeness (QED) is 0.822. The van der Waals surface area contributed by atoms with E-state index in [4.69, 9.17) is 4.74 Å². The average molecular weight is 306 g/mol. The van der Waals surface area contributed by atoms with E-state index in [0.717, 1.165) is 21.4 Å². The topological polar surface area (TPSA) is 43.6 Å². The highest BCUT2D eigenvalue weighted by Crippen LogP contribution is 2.16. The monoisotopic (exact) mass is 306 g/mol. The molecule has 2 aromatic rings. The molecule has 0 aliphatic carbocycles. The van der Waals surface area contributed by atoms with Crippen molar-refractivity contribution in [2.45, 2.75) is 33.2 Å². The molecule has 1 heterocycles. The van der Waals surface area contributed by atoms with Crippen LogP contribution in [0.4, 0.5) is 0 Å². The number of ether oxygens (including phenoxy) is 1. The summed E-state index contributed by atoms with van der Waals surface area (Å²) >= 11 is 1.56. The number of rotatable bonds is 6. The molecule has 0 N–H and O–H groups in total. The van der Waals surface area contributed by atoms with E-state index >= 15 is 0 Å². The summed E-state index contributed by atoms with van der Waals surface area (Å²) in [5.74, 6) is 0.480. The Morgan fingerprint density at radius 3 is 2.86 bits per heavy atom. The van der Waals surface area contributed by atoms with E-state index < -0.39 is 0 Å². The van der Waals surface area contributed by atoms with E-state index in [9.17, 15) is 4.79 Å². The second kappa shape index (κ2) is 7.52. The Bertz CT molecular complexity index is 670. The normalized spacial score (nSPS) is 12.5. The van der Waals surface area contributed by atoms with E-state index in [1.807, 2.05) is 12.1 Å². The van der Waals surface area contributed by atoms with Gasteiger partial charge in [-0.25, -0.2) is 0 Å². The maximum Gasteiger partial charge on any atom is 0.248 e. The Kier molecular flexibility index (Phi) is 5.70. The summed E-state index contributed by atoms with van der Waals surface area (Å²) in [4.78, 5) is 17.1. The molecule has 1 aromatic heterocycles. The van der Waals surface area contributed by atoms with E-state index in [2.05, 4.69) is 35.5 Å². The van der Waals surface area contributed by atoms with Gasteiger partial charge in [-0.15, -0.1) is 0 Å². The number of fused-ring (bicyclic) bond motifs is 1. The molecule has 0 radical (unpaired) electrons. The predicted octanol–water partition coefficient (Wildman–Crippen LogP) is 3.21. The van der Waals surface area contributed by atoms with Crippen molar-refractivity contribution in [3.63, 3.8) is 0 Å². The minimum atomic E-state index is -0.0403. The summed E-state index contributed by atoms with van der Waals surface area (Å²) in [7, 11) is 1.68. The number of hydrogen-bond donors (Lipinski definition) is 0. The zero-order chi connectivity index (χ0) is 15.2. The summed E-state index contributed by atoms with van der Waals surface area (Å²) in [5, 5.41) is 0. The van der Waals surface area contributed by atoms with Gasteiger partial charge in [-0.05, 0) is 24.5 Å². The zero-order valence-corrected chi connectivity index (χ0v) is 13.7. The van der Waals surface area contributed by atoms with Gasteiger partial charge in [0, 0.05) is 20.1 Å². The van der Waals surface area contributed by atoms with Crippen LogP contribution in [-0.2, 0) is 16.1 Å². The molecule has 114 valence electrons. The highest BCUT2D eigenvalue weighted by molar-refractivity contribution is 7.16. The number of carbonyl (C=O) groups is 1. The highest BCUT2D eigenvalue weighted by atomic mass is 32.1. The average Bonchev–Trinajstić information content (AvgIpc) is 2.80. The first-order valence-electron chi connectivity index (χ1n) is 7.26. The van der Waals surface area contributed by atoms with Gasteiger partial charge in [-0.2, -0.15) is 4.99 Å². The van der Waals surface area contributed by atoms with Crippen molar-refractivity contribution in [2.24, 2.45) is 10.9 Å². The van der Waals surface area contributed by atoms with Gasteiger partial charge in [0.1, 0.15) is 0 Å². The van der Waals surface area contributed by atoms with Gasteiger partial charge in [0.05, 0.1) is 16.8 Å². The molecule has 0 saturated carbocycles. The second-order valence-corrected chi connectivity index (χ2v) is 6.44. The predicted molar refractivity (Wildman–Crippen MR) is 86.3 cm³/mol. The molecule has 4 nitrogen and oxygen atoms in total. The molecule has 0 spiro atoms. The Labute approximate surface area is 129 Å². The molecule has 0 aliphatic rings. The van der Waals surface area contributed by atoms with E-state index in [1.54, 1.807) is 18.4 Å². The van der Waals surface area contributed by atoms with Crippen LogP contribution in [0, 0.1) is 5.92 Å². The highest BCUT2D eigenvalue weighted by Gasteiger charge is 2.08. The number of nitrogens with zero attached hydrogens (tertiary/aromatic N) is 2. The first-order valence-corrected chi connectivity index (χ1v) is 8.08. The Morgan fingerprint density at radius 1 is 1.38 bits per heavy atom. The number of para-hydroxylation sites is 1. The number of amides is 1. The molecule has 0 bridgehead atoms. The van der Waals surface area contributed by atoms with Gasteiger partial charge in [0.2, 0.25) is 5.91 Å². The molecular weight excluding hydrogens is 284 g/mol. The maximum absolute atomic E-state index is 12.0. The lowest BCUT2D eigenvalue weighted by Crippen LogP contribution is -2.19. The van der Waals surface area contributed by atoms with Crippen LogP contribution in [0.2, 0.25) is 0 Å². The van der Waals surface area contributed by atoms with Crippen LogP contribution >= 0.6 is 11.3 Å². The molecule has 0 unspecified atom stereocenters. The van der Waals surface area contributed by atoms with Crippen LogP contribution in [0.15, 0.2) is 29.3 Å². The minimum absolute atomic E-state index is 0.0403. The van der Waals surface area contributed by atoms with E-state index in [-0.39, 0.29) is 5.91 Å². The van der Waals surface area contributed by atoms with Gasteiger partial charge in [0.15, 0.2) is 4.80 Å². The molecule has 0 fully saturated rings. The molecule has 0 aliphatic heterocycles. The number of carbonyl (C=O) groups excluding carboxylic acids is 1. The maximum atomic E-state index is 12.0. The summed E-state index contributed by atoms with van der Waals surface area (Å²) < 4.78 is 8.37. The fourth-order valence-corrected chi connectivity index (χ4v) is 3.15. The van der Waals surface area contributed by atoms with E-state index in [1.165, 1.54) is 0 Å². The van der Waals surface area contributed by atoms with Crippen molar-refractivity contribution in [2.75, 3.05) is 13.7 Å². The molecule has 5 heteroatoms. The van der Waals surface area contributed by atoms with Gasteiger partial charge in [-0.3, -0.25) is 4.79 Å². The van der Waals surface area contributed by atoms with Crippen molar-refractivity contribution >= 4 is 27.5 Å². The van der Waals surface area contributed by atoms with Crippen LogP contribution in [-0.4, -0.2) is 24.2 Å². The van der Waals surface area contributed by atoms with Crippen LogP contribution < -0.4 is 4.80 Å². The lowest BCUT2D eigenvalue weighted by Gasteiger charge is -2.04. The number of thiazole rings is 1. The van der Waals surface area contributed by atoms with Crippen molar-refractivity contribution < 1.29 is 9.53 Å². The summed E-state index contributed by atoms with van der Waals surface area (Å²) in [6, 6.07) is 8.12. The van der Waals surface area contributed by atoms with Gasteiger partial charge < -0.3 is 9.30 Å². The number of methoxy groups -OCH3 is 1. The second-order valence-electron chi connectivity index (χ2n) is 5.43. The number of benzene rings is 1. The molecule has 21 heavy (non-hydrogen) atoms. The fourth-order valence-electron chi connectivity index (χ4n) is 2.08. The molecule has 1 amide bonds. The lowest BCUT2D eigenvalue weighted by atomic mass is 10.1. The number of hydrogen-bond acceptors (Lipinski definition) is 3. The van der Waals surface area contributed by atoms with Crippen LogP contribution in [0.25, 0.3) is 10.2 Å². The summed E-state index contributed by atoms with van der Waals surface area (Å²) in [6.45, 7) is 5.54. The first kappa shape index (κ1) is 15.9. The largest absolute Gasteiger partial charge is 0.383 e. The lowest BCUT2D eigenvalue weighted by molar-refractivity contribution is -0.118. The Hall–Kier alpha value is -1.46. The minimum Gasteiger partial charge on any atom is -0.383 e. The third kappa shape index (κ3) is 4.25. The van der Waals surface area contributed by atoms with E-state index in [0.29, 0.717) is 25.5 Å². The molecule has 0 saturated heterocycles. The summed E-state index contributed by atoms with van der Waals surface area (Å²) in [6.07, 6.45) is 1.39. The third-order valence-corrected chi connectivity index (χ3v) is 4.32. The zero-order valence-electron chi connectivity index (χ0n) is 12.8. The molecular formula is C16H22N2O2S. The van der Waals surface area contributed by atoms with Crippen LogP contribution in [0.3, 0.4) is 0 Å². The van der Waals surface area contributed by atoms with Gasteiger partial charge >= 0.3 is 0 Å². The standard InChI is InChI=1S/C16H22N2O2S/c1-12(2)8-9-15(19)17-16-18(10-11-20-3)13-6-4-5-7-14(13)21-16/h4-7,12H,8-11H2,1-3H3. The molecule has 2 rings (SSSR count). The van der Waals surface area contributed by atoms with Crippen molar-refractivity contribution in [3.8, 4) is 0 Å².